The zero-order valence-corrected chi connectivity index (χ0v) is 12.4. The van der Waals surface area contributed by atoms with Crippen molar-refractivity contribution >= 4 is 0 Å². The smallest absolute Gasteiger partial charge is 0.119 e. The van der Waals surface area contributed by atoms with Crippen molar-refractivity contribution in [1.82, 2.24) is 5.32 Å². The molecule has 0 fully saturated rings. The average Bonchev–Trinajstić information content (AvgIpc) is 2.34. The molecular formula is C16H27NO. The summed E-state index contributed by atoms with van der Waals surface area (Å²) in [6, 6.07) is 6.83. The quantitative estimate of drug-likeness (QED) is 0.786. The third kappa shape index (κ3) is 4.34. The van der Waals surface area contributed by atoms with Crippen molar-refractivity contribution in [2.75, 3.05) is 13.7 Å². The molecule has 0 bridgehead atoms. The van der Waals surface area contributed by atoms with E-state index in [2.05, 4.69) is 51.2 Å². The maximum atomic E-state index is 5.27. The Hall–Kier alpha value is -1.02. The van der Waals surface area contributed by atoms with E-state index in [1.54, 1.807) is 7.11 Å². The van der Waals surface area contributed by atoms with Gasteiger partial charge in [-0.25, -0.2) is 0 Å². The first kappa shape index (κ1) is 15.0. The van der Waals surface area contributed by atoms with Crippen LogP contribution in [0.4, 0.5) is 0 Å². The molecule has 1 N–H and O–H groups in total. The van der Waals surface area contributed by atoms with Crippen LogP contribution >= 0.6 is 0 Å². The second kappa shape index (κ2) is 7.42. The minimum Gasteiger partial charge on any atom is -0.497 e. The summed E-state index contributed by atoms with van der Waals surface area (Å²) in [5, 5.41) is 3.65. The first-order valence-corrected chi connectivity index (χ1v) is 6.96. The van der Waals surface area contributed by atoms with Crippen LogP contribution in [0.1, 0.15) is 50.8 Å². The van der Waals surface area contributed by atoms with Gasteiger partial charge in [0.05, 0.1) is 7.11 Å². The van der Waals surface area contributed by atoms with E-state index >= 15 is 0 Å². The standard InChI is InChI=1S/C16H27NO/c1-6-9-17-16(10-12(2)3)15-8-7-14(18-5)11-13(15)4/h7-8,11-12,16-17H,6,9-10H2,1-5H3. The van der Waals surface area contributed by atoms with Crippen molar-refractivity contribution in [2.45, 2.75) is 46.6 Å². The molecule has 0 saturated heterocycles. The van der Waals surface area contributed by atoms with Crippen LogP contribution in [0.25, 0.3) is 0 Å². The molecule has 0 aliphatic heterocycles. The minimum atomic E-state index is 0.454. The van der Waals surface area contributed by atoms with Crippen LogP contribution in [-0.2, 0) is 0 Å². The normalized spacial score (nSPS) is 12.8. The third-order valence-corrected chi connectivity index (χ3v) is 3.20. The van der Waals surface area contributed by atoms with E-state index < -0.39 is 0 Å². The van der Waals surface area contributed by atoms with Crippen molar-refractivity contribution in [3.05, 3.63) is 29.3 Å². The molecule has 0 aliphatic rings. The molecule has 0 aliphatic carbocycles. The molecule has 0 spiro atoms. The van der Waals surface area contributed by atoms with E-state index in [1.807, 2.05) is 0 Å². The third-order valence-electron chi connectivity index (χ3n) is 3.20. The number of hydrogen-bond acceptors (Lipinski definition) is 2. The highest BCUT2D eigenvalue weighted by Gasteiger charge is 2.15. The van der Waals surface area contributed by atoms with Gasteiger partial charge in [0.25, 0.3) is 0 Å². The van der Waals surface area contributed by atoms with Crippen molar-refractivity contribution in [2.24, 2.45) is 5.92 Å². The van der Waals surface area contributed by atoms with Crippen LogP contribution in [0.15, 0.2) is 18.2 Å². The summed E-state index contributed by atoms with van der Waals surface area (Å²) in [4.78, 5) is 0. The zero-order chi connectivity index (χ0) is 13.5. The molecule has 0 saturated carbocycles. The van der Waals surface area contributed by atoms with Gasteiger partial charge in [-0.1, -0.05) is 26.8 Å². The second-order valence-electron chi connectivity index (χ2n) is 5.36. The Morgan fingerprint density at radius 2 is 2.00 bits per heavy atom. The molecule has 2 heteroatoms. The minimum absolute atomic E-state index is 0.454. The van der Waals surface area contributed by atoms with Crippen LogP contribution in [0.3, 0.4) is 0 Å². The first-order chi connectivity index (χ1) is 8.58. The highest BCUT2D eigenvalue weighted by molar-refractivity contribution is 5.36. The molecule has 1 unspecified atom stereocenters. The lowest BCUT2D eigenvalue weighted by Gasteiger charge is -2.23. The predicted octanol–water partition coefficient (Wildman–Crippen LogP) is 4.09. The summed E-state index contributed by atoms with van der Waals surface area (Å²) < 4.78 is 5.27. The molecule has 0 radical (unpaired) electrons. The van der Waals surface area contributed by atoms with E-state index in [0.29, 0.717) is 12.0 Å². The summed E-state index contributed by atoms with van der Waals surface area (Å²) in [5.74, 6) is 1.64. The molecule has 1 rings (SSSR count). The number of benzene rings is 1. The maximum Gasteiger partial charge on any atom is 0.119 e. The van der Waals surface area contributed by atoms with Gasteiger partial charge in [0.15, 0.2) is 0 Å². The van der Waals surface area contributed by atoms with Gasteiger partial charge in [-0.05, 0) is 55.5 Å². The average molecular weight is 249 g/mol. The fourth-order valence-corrected chi connectivity index (χ4v) is 2.28. The van der Waals surface area contributed by atoms with E-state index in [-0.39, 0.29) is 0 Å². The highest BCUT2D eigenvalue weighted by atomic mass is 16.5. The van der Waals surface area contributed by atoms with Crippen molar-refractivity contribution < 1.29 is 4.74 Å². The van der Waals surface area contributed by atoms with Gasteiger partial charge in [-0.3, -0.25) is 0 Å². The molecule has 0 heterocycles. The van der Waals surface area contributed by atoms with Crippen LogP contribution < -0.4 is 10.1 Å². The Bertz CT molecular complexity index is 360. The Morgan fingerprint density at radius 3 is 2.50 bits per heavy atom. The van der Waals surface area contributed by atoms with E-state index in [0.717, 1.165) is 12.3 Å². The summed E-state index contributed by atoms with van der Waals surface area (Å²) in [6.07, 6.45) is 2.34. The molecule has 102 valence electrons. The van der Waals surface area contributed by atoms with Crippen LogP contribution in [0, 0.1) is 12.8 Å². The highest BCUT2D eigenvalue weighted by Crippen LogP contribution is 2.27. The van der Waals surface area contributed by atoms with Gasteiger partial charge in [0, 0.05) is 6.04 Å². The topological polar surface area (TPSA) is 21.3 Å². The summed E-state index contributed by atoms with van der Waals surface area (Å²) in [7, 11) is 1.72. The lowest BCUT2D eigenvalue weighted by atomic mass is 9.93. The lowest BCUT2D eigenvalue weighted by molar-refractivity contribution is 0.411. The lowest BCUT2D eigenvalue weighted by Crippen LogP contribution is -2.24. The monoisotopic (exact) mass is 249 g/mol. The number of aryl methyl sites for hydroxylation is 1. The molecule has 0 aromatic heterocycles. The largest absolute Gasteiger partial charge is 0.497 e. The molecule has 1 aromatic rings. The Balaban J connectivity index is 2.89. The molecule has 18 heavy (non-hydrogen) atoms. The number of methoxy groups -OCH3 is 1. The van der Waals surface area contributed by atoms with Gasteiger partial charge < -0.3 is 10.1 Å². The first-order valence-electron chi connectivity index (χ1n) is 6.96. The Morgan fingerprint density at radius 1 is 1.28 bits per heavy atom. The molecule has 1 aromatic carbocycles. The molecule has 2 nitrogen and oxygen atoms in total. The Labute approximate surface area is 112 Å². The molecule has 1 atom stereocenters. The van der Waals surface area contributed by atoms with E-state index in [1.165, 1.54) is 24.0 Å². The number of hydrogen-bond donors (Lipinski definition) is 1. The molecular weight excluding hydrogens is 222 g/mol. The van der Waals surface area contributed by atoms with Crippen molar-refractivity contribution in [1.29, 1.82) is 0 Å². The van der Waals surface area contributed by atoms with Gasteiger partial charge in [0.1, 0.15) is 5.75 Å². The zero-order valence-electron chi connectivity index (χ0n) is 12.4. The van der Waals surface area contributed by atoms with Crippen molar-refractivity contribution in [3.63, 3.8) is 0 Å². The number of nitrogens with one attached hydrogen (secondary N) is 1. The Kier molecular flexibility index (Phi) is 6.20. The fraction of sp³-hybridized carbons (Fsp3) is 0.625. The number of rotatable bonds is 7. The fourth-order valence-electron chi connectivity index (χ4n) is 2.28. The second-order valence-corrected chi connectivity index (χ2v) is 5.36. The van der Waals surface area contributed by atoms with Crippen molar-refractivity contribution in [3.8, 4) is 5.75 Å². The molecule has 0 amide bonds. The summed E-state index contributed by atoms with van der Waals surface area (Å²) in [6.45, 7) is 10.0. The summed E-state index contributed by atoms with van der Waals surface area (Å²) in [5.41, 5.74) is 2.71. The van der Waals surface area contributed by atoms with Gasteiger partial charge >= 0.3 is 0 Å². The van der Waals surface area contributed by atoms with E-state index in [9.17, 15) is 0 Å². The SMILES string of the molecule is CCCNC(CC(C)C)c1ccc(OC)cc1C. The summed E-state index contributed by atoms with van der Waals surface area (Å²) >= 11 is 0. The van der Waals surface area contributed by atoms with Crippen LogP contribution in [0.5, 0.6) is 5.75 Å². The van der Waals surface area contributed by atoms with Gasteiger partial charge in [-0.2, -0.15) is 0 Å². The van der Waals surface area contributed by atoms with Crippen LogP contribution in [-0.4, -0.2) is 13.7 Å². The maximum absolute atomic E-state index is 5.27. The van der Waals surface area contributed by atoms with Gasteiger partial charge in [0.2, 0.25) is 0 Å². The van der Waals surface area contributed by atoms with Gasteiger partial charge in [-0.15, -0.1) is 0 Å². The van der Waals surface area contributed by atoms with Crippen LogP contribution in [0.2, 0.25) is 0 Å². The van der Waals surface area contributed by atoms with E-state index in [4.69, 9.17) is 4.74 Å². The number of ether oxygens (including phenoxy) is 1. The predicted molar refractivity (Wildman–Crippen MR) is 78.2 cm³/mol.